The first-order valence-electron chi connectivity index (χ1n) is 4.62. The monoisotopic (exact) mass is 644 g/mol. The molecule has 0 bridgehead atoms. The topological polar surface area (TPSA) is 80.7 Å². The van der Waals surface area contributed by atoms with Gasteiger partial charge < -0.3 is 4.74 Å². The standard InChI is InChI=1S/C9H5F2I3O5S/c10-9(11,20(16,17)18)8(15)19-3-4-1-5(12)2-6(13)7(4)14/h1-2H,3H2,(H,16,17,18). The fraction of sp³-hybridized carbons (Fsp3) is 0.222. The molecule has 0 aliphatic heterocycles. The third kappa shape index (κ3) is 4.33. The molecular formula is C9H5F2I3O5S. The van der Waals surface area contributed by atoms with E-state index in [0.29, 0.717) is 9.13 Å². The number of hydrogen-bond donors (Lipinski definition) is 1. The fourth-order valence-corrected chi connectivity index (χ4v) is 3.75. The first-order chi connectivity index (χ1) is 8.96. The van der Waals surface area contributed by atoms with E-state index in [2.05, 4.69) is 4.74 Å². The molecule has 0 spiro atoms. The predicted octanol–water partition coefficient (Wildman–Crippen LogP) is 3.02. The molecule has 0 aliphatic rings. The van der Waals surface area contributed by atoms with Gasteiger partial charge in [-0.1, -0.05) is 0 Å². The molecule has 0 unspecified atom stereocenters. The van der Waals surface area contributed by atoms with Gasteiger partial charge in [0.05, 0.1) is 0 Å². The van der Waals surface area contributed by atoms with Crippen LogP contribution in [0.4, 0.5) is 8.78 Å². The molecule has 1 N–H and O–H groups in total. The van der Waals surface area contributed by atoms with E-state index >= 15 is 0 Å². The molecular weight excluding hydrogens is 639 g/mol. The summed E-state index contributed by atoms with van der Waals surface area (Å²) in [5.41, 5.74) is 0.460. The third-order valence-corrected chi connectivity index (χ3v) is 6.58. The molecule has 1 rings (SSSR count). The van der Waals surface area contributed by atoms with Crippen molar-refractivity contribution in [3.63, 3.8) is 0 Å². The smallest absolute Gasteiger partial charge is 0.455 e. The molecule has 20 heavy (non-hydrogen) atoms. The van der Waals surface area contributed by atoms with E-state index in [1.165, 1.54) is 0 Å². The Hall–Kier alpha value is 0.650. The summed E-state index contributed by atoms with van der Waals surface area (Å²) in [5.74, 6) is -2.32. The number of esters is 1. The summed E-state index contributed by atoms with van der Waals surface area (Å²) in [4.78, 5) is 11.0. The van der Waals surface area contributed by atoms with Gasteiger partial charge in [-0.3, -0.25) is 4.55 Å². The largest absolute Gasteiger partial charge is 0.465 e. The average molecular weight is 644 g/mol. The van der Waals surface area contributed by atoms with Crippen LogP contribution in [0.2, 0.25) is 0 Å². The van der Waals surface area contributed by atoms with Crippen molar-refractivity contribution in [2.45, 2.75) is 11.9 Å². The molecule has 0 saturated carbocycles. The van der Waals surface area contributed by atoms with Gasteiger partial charge in [-0.05, 0) is 79.9 Å². The van der Waals surface area contributed by atoms with Crippen molar-refractivity contribution in [2.75, 3.05) is 0 Å². The van der Waals surface area contributed by atoms with Crippen LogP contribution in [0.25, 0.3) is 0 Å². The van der Waals surface area contributed by atoms with Crippen molar-refractivity contribution in [3.8, 4) is 0 Å². The van der Waals surface area contributed by atoms with Crippen LogP contribution in [0.5, 0.6) is 0 Å². The van der Waals surface area contributed by atoms with E-state index in [0.717, 1.165) is 7.14 Å². The SMILES string of the molecule is O=C(OCc1cc(I)cc(I)c1I)C(F)(F)S(=O)(=O)O. The van der Waals surface area contributed by atoms with Crippen LogP contribution in [-0.2, 0) is 26.3 Å². The van der Waals surface area contributed by atoms with E-state index in [-0.39, 0.29) is 0 Å². The quantitative estimate of drug-likeness (QED) is 0.236. The molecule has 0 saturated heterocycles. The average Bonchev–Trinajstić information content (AvgIpc) is 2.29. The number of benzene rings is 1. The zero-order chi connectivity index (χ0) is 15.7. The maximum absolute atomic E-state index is 13.0. The van der Waals surface area contributed by atoms with Gasteiger partial charge in [-0.2, -0.15) is 17.2 Å². The van der Waals surface area contributed by atoms with Gasteiger partial charge in [0, 0.05) is 16.3 Å². The second-order valence-corrected chi connectivity index (χ2v) is 8.38. The van der Waals surface area contributed by atoms with Crippen molar-refractivity contribution in [1.29, 1.82) is 0 Å². The Morgan fingerprint density at radius 2 is 1.85 bits per heavy atom. The van der Waals surface area contributed by atoms with Gasteiger partial charge >= 0.3 is 21.3 Å². The molecule has 0 atom stereocenters. The van der Waals surface area contributed by atoms with Crippen LogP contribution in [0.1, 0.15) is 5.56 Å². The van der Waals surface area contributed by atoms with Crippen LogP contribution in [0.3, 0.4) is 0 Å². The van der Waals surface area contributed by atoms with Crippen LogP contribution in [0, 0.1) is 10.7 Å². The maximum atomic E-state index is 13.0. The van der Waals surface area contributed by atoms with Crippen molar-refractivity contribution in [1.82, 2.24) is 0 Å². The molecule has 0 amide bonds. The van der Waals surface area contributed by atoms with Crippen molar-refractivity contribution in [2.24, 2.45) is 0 Å². The third-order valence-electron chi connectivity index (χ3n) is 1.99. The highest BCUT2D eigenvalue weighted by Gasteiger charge is 2.54. The Morgan fingerprint density at radius 3 is 2.35 bits per heavy atom. The number of ether oxygens (including phenoxy) is 1. The van der Waals surface area contributed by atoms with Gasteiger partial charge in [0.1, 0.15) is 6.61 Å². The highest BCUT2D eigenvalue weighted by atomic mass is 127. The normalized spacial score (nSPS) is 12.3. The summed E-state index contributed by atoms with van der Waals surface area (Å²) in [6.07, 6.45) is 0. The van der Waals surface area contributed by atoms with Gasteiger partial charge in [0.25, 0.3) is 0 Å². The number of hydrogen-bond acceptors (Lipinski definition) is 4. The lowest BCUT2D eigenvalue weighted by molar-refractivity contribution is -0.162. The summed E-state index contributed by atoms with van der Waals surface area (Å²) in [6, 6.07) is 3.45. The van der Waals surface area contributed by atoms with E-state index in [4.69, 9.17) is 4.55 Å². The number of alkyl halides is 2. The fourth-order valence-electron chi connectivity index (χ4n) is 1.05. The highest BCUT2D eigenvalue weighted by Crippen LogP contribution is 2.26. The minimum absolute atomic E-state index is 0.460. The highest BCUT2D eigenvalue weighted by molar-refractivity contribution is 14.1. The van der Waals surface area contributed by atoms with E-state index in [1.54, 1.807) is 6.07 Å². The lowest BCUT2D eigenvalue weighted by Gasteiger charge is -2.13. The Labute approximate surface area is 154 Å². The minimum atomic E-state index is -5.85. The molecule has 0 fully saturated rings. The van der Waals surface area contributed by atoms with Crippen LogP contribution in [-0.4, -0.2) is 24.2 Å². The second-order valence-electron chi connectivity index (χ2n) is 3.43. The Bertz CT molecular complexity index is 647. The summed E-state index contributed by atoms with van der Waals surface area (Å²) >= 11 is 5.97. The Kier molecular flexibility index (Phi) is 6.38. The van der Waals surface area contributed by atoms with Crippen LogP contribution >= 0.6 is 67.8 Å². The number of halogens is 5. The summed E-state index contributed by atoms with van der Waals surface area (Å²) in [7, 11) is -5.85. The van der Waals surface area contributed by atoms with Crippen molar-refractivity contribution in [3.05, 3.63) is 28.4 Å². The lowest BCUT2D eigenvalue weighted by Crippen LogP contribution is -2.38. The summed E-state index contributed by atoms with van der Waals surface area (Å²) < 4.78 is 61.6. The van der Waals surface area contributed by atoms with E-state index in [1.807, 2.05) is 73.8 Å². The molecule has 1 aromatic carbocycles. The molecule has 0 heterocycles. The van der Waals surface area contributed by atoms with Gasteiger partial charge in [0.2, 0.25) is 0 Å². The molecule has 0 radical (unpaired) electrons. The zero-order valence-electron chi connectivity index (χ0n) is 9.24. The molecule has 112 valence electrons. The Balaban J connectivity index is 2.91. The first-order valence-corrected chi connectivity index (χ1v) is 9.30. The molecule has 0 aromatic heterocycles. The molecule has 0 aliphatic carbocycles. The number of rotatable bonds is 4. The van der Waals surface area contributed by atoms with Gasteiger partial charge in [0.15, 0.2) is 0 Å². The van der Waals surface area contributed by atoms with Crippen LogP contribution < -0.4 is 0 Å². The summed E-state index contributed by atoms with van der Waals surface area (Å²) in [6.45, 7) is -0.519. The second kappa shape index (κ2) is 6.82. The zero-order valence-corrected chi connectivity index (χ0v) is 16.5. The first kappa shape index (κ1) is 18.7. The molecule has 5 nitrogen and oxygen atoms in total. The summed E-state index contributed by atoms with van der Waals surface area (Å²) in [5, 5.41) is -4.98. The van der Waals surface area contributed by atoms with Crippen LogP contribution in [0.15, 0.2) is 12.1 Å². The maximum Gasteiger partial charge on any atom is 0.465 e. The van der Waals surface area contributed by atoms with Crippen molar-refractivity contribution < 1.29 is 31.3 Å². The van der Waals surface area contributed by atoms with E-state index in [9.17, 15) is 22.0 Å². The lowest BCUT2D eigenvalue weighted by atomic mass is 10.2. The minimum Gasteiger partial charge on any atom is -0.455 e. The van der Waals surface area contributed by atoms with Gasteiger partial charge in [-0.25, -0.2) is 4.79 Å². The van der Waals surface area contributed by atoms with Crippen molar-refractivity contribution >= 4 is 83.9 Å². The Morgan fingerprint density at radius 1 is 1.30 bits per heavy atom. The number of carbonyl (C=O) groups excluding carboxylic acids is 1. The predicted molar refractivity (Wildman–Crippen MR) is 90.9 cm³/mol. The van der Waals surface area contributed by atoms with Gasteiger partial charge in [-0.15, -0.1) is 0 Å². The van der Waals surface area contributed by atoms with E-state index < -0.39 is 27.9 Å². The molecule has 11 heteroatoms. The number of carbonyl (C=O) groups is 1. The molecule has 1 aromatic rings.